The summed E-state index contributed by atoms with van der Waals surface area (Å²) in [5.41, 5.74) is 0. The van der Waals surface area contributed by atoms with E-state index in [1.165, 1.54) is 21.0 Å². The van der Waals surface area contributed by atoms with Crippen LogP contribution >= 0.6 is 8.38 Å². The highest BCUT2D eigenvalue weighted by atomic mass is 31.2. The molecule has 1 aromatic rings. The molecule has 0 saturated carbocycles. The second kappa shape index (κ2) is 12.8. The number of methoxy groups -OCH3 is 1. The summed E-state index contributed by atoms with van der Waals surface area (Å²) in [6.45, 7) is 2.52. The van der Waals surface area contributed by atoms with Crippen molar-refractivity contribution < 1.29 is 52.0 Å². The van der Waals surface area contributed by atoms with Crippen molar-refractivity contribution in [2.75, 3.05) is 19.9 Å². The Morgan fingerprint density at radius 1 is 1.30 bits per heavy atom. The molecule has 30 heavy (non-hydrogen) atoms. The molecule has 0 aromatic carbocycles. The molecule has 13 heteroatoms. The van der Waals surface area contributed by atoms with Gasteiger partial charge in [0.25, 0.3) is 6.47 Å². The standard InChI is InChI=1S/C17H23O12P/c1-10(24-3)13(26-9-18)6-25-15(19)5-4-12(16(20)21)8-30(23)27-7-14-11(2)28-17(22)29-14/h9,12,23H,4-8H2,1-3H3,(H,20,21)/b13-10-. The lowest BCUT2D eigenvalue weighted by Crippen LogP contribution is -2.20. The molecule has 2 N–H and O–H groups in total. The Kier molecular flexibility index (Phi) is 10.8. The number of allylic oxidation sites excluding steroid dienone is 1. The quantitative estimate of drug-likeness (QED) is 0.181. The van der Waals surface area contributed by atoms with E-state index in [4.69, 9.17) is 18.4 Å². The van der Waals surface area contributed by atoms with Crippen molar-refractivity contribution >= 4 is 26.8 Å². The molecular weight excluding hydrogens is 427 g/mol. The van der Waals surface area contributed by atoms with Crippen LogP contribution in [0.15, 0.2) is 25.1 Å². The number of rotatable bonds is 14. The van der Waals surface area contributed by atoms with Crippen molar-refractivity contribution in [3.05, 3.63) is 33.7 Å². The zero-order valence-corrected chi connectivity index (χ0v) is 17.5. The van der Waals surface area contributed by atoms with Crippen LogP contribution in [0.25, 0.3) is 0 Å². The highest BCUT2D eigenvalue weighted by Gasteiger charge is 2.25. The molecule has 12 nitrogen and oxygen atoms in total. The van der Waals surface area contributed by atoms with Crippen LogP contribution in [0.3, 0.4) is 0 Å². The lowest BCUT2D eigenvalue weighted by atomic mass is 10.1. The van der Waals surface area contributed by atoms with Gasteiger partial charge < -0.3 is 37.6 Å². The number of hydrogen-bond donors (Lipinski definition) is 2. The molecule has 168 valence electrons. The Balaban J connectivity index is 2.50. The molecule has 1 aromatic heterocycles. The maximum Gasteiger partial charge on any atom is 0.519 e. The van der Waals surface area contributed by atoms with E-state index in [-0.39, 0.29) is 61.7 Å². The zero-order valence-electron chi connectivity index (χ0n) is 16.6. The van der Waals surface area contributed by atoms with E-state index in [1.807, 2.05) is 0 Å². The molecule has 0 aliphatic carbocycles. The molecule has 0 amide bonds. The summed E-state index contributed by atoms with van der Waals surface area (Å²) in [6.07, 6.45) is -0.620. The normalized spacial score (nSPS) is 13.7. The van der Waals surface area contributed by atoms with Crippen molar-refractivity contribution in [2.45, 2.75) is 33.3 Å². The van der Waals surface area contributed by atoms with E-state index in [2.05, 4.69) is 9.15 Å². The lowest BCUT2D eigenvalue weighted by Gasteiger charge is -2.16. The minimum atomic E-state index is -2.16. The Bertz CT molecular complexity index is 808. The fourth-order valence-electron chi connectivity index (χ4n) is 2.07. The van der Waals surface area contributed by atoms with Gasteiger partial charge in [-0.2, -0.15) is 0 Å². The first-order valence-electron chi connectivity index (χ1n) is 8.59. The average molecular weight is 450 g/mol. The summed E-state index contributed by atoms with van der Waals surface area (Å²) in [5, 5.41) is 9.29. The first-order valence-corrected chi connectivity index (χ1v) is 9.98. The number of ether oxygens (including phenoxy) is 3. The Labute approximate surface area is 172 Å². The Morgan fingerprint density at radius 3 is 2.53 bits per heavy atom. The number of carboxylic acids is 1. The maximum absolute atomic E-state index is 11.9. The molecule has 1 rings (SSSR count). The van der Waals surface area contributed by atoms with Gasteiger partial charge in [-0.25, -0.2) is 4.79 Å². The largest absolute Gasteiger partial charge is 0.519 e. The second-order valence-electron chi connectivity index (χ2n) is 5.87. The van der Waals surface area contributed by atoms with Crippen LogP contribution in [0.1, 0.15) is 31.3 Å². The third kappa shape index (κ3) is 8.76. The van der Waals surface area contributed by atoms with Crippen LogP contribution in [0, 0.1) is 12.8 Å². The number of carbonyl (C=O) groups excluding carboxylic acids is 2. The third-order valence-corrected chi connectivity index (χ3v) is 5.04. The highest BCUT2D eigenvalue weighted by molar-refractivity contribution is 7.46. The molecule has 1 heterocycles. The van der Waals surface area contributed by atoms with Gasteiger partial charge in [0.15, 0.2) is 26.5 Å². The Morgan fingerprint density at radius 2 is 2.00 bits per heavy atom. The highest BCUT2D eigenvalue weighted by Crippen LogP contribution is 2.36. The summed E-state index contributed by atoms with van der Waals surface area (Å²) in [5.74, 6) is -3.41. The van der Waals surface area contributed by atoms with Gasteiger partial charge in [-0.3, -0.25) is 14.4 Å². The fraction of sp³-hybridized carbons (Fsp3) is 0.529. The van der Waals surface area contributed by atoms with Crippen molar-refractivity contribution in [1.82, 2.24) is 0 Å². The van der Waals surface area contributed by atoms with Gasteiger partial charge in [-0.05, 0) is 20.3 Å². The maximum atomic E-state index is 11.9. The van der Waals surface area contributed by atoms with E-state index in [0.29, 0.717) is 0 Å². The number of aliphatic carboxylic acids is 1. The molecule has 0 aliphatic rings. The van der Waals surface area contributed by atoms with Gasteiger partial charge in [0.2, 0.25) is 0 Å². The first-order chi connectivity index (χ1) is 14.2. The zero-order chi connectivity index (χ0) is 22.7. The van der Waals surface area contributed by atoms with Crippen LogP contribution in [-0.2, 0) is 39.7 Å². The lowest BCUT2D eigenvalue weighted by molar-refractivity contribution is -0.146. The van der Waals surface area contributed by atoms with Crippen molar-refractivity contribution in [3.8, 4) is 0 Å². The predicted molar refractivity (Wildman–Crippen MR) is 99.0 cm³/mol. The molecule has 0 saturated heterocycles. The Hall–Kier alpha value is -2.69. The number of esters is 1. The van der Waals surface area contributed by atoms with Crippen LogP contribution in [0.2, 0.25) is 0 Å². The minimum Gasteiger partial charge on any atom is -0.498 e. The molecule has 0 spiro atoms. The third-order valence-electron chi connectivity index (χ3n) is 3.86. The monoisotopic (exact) mass is 450 g/mol. The second-order valence-corrected chi connectivity index (χ2v) is 7.20. The van der Waals surface area contributed by atoms with Crippen molar-refractivity contribution in [1.29, 1.82) is 0 Å². The van der Waals surface area contributed by atoms with Gasteiger partial charge >= 0.3 is 17.8 Å². The molecule has 0 bridgehead atoms. The van der Waals surface area contributed by atoms with Crippen molar-refractivity contribution in [3.63, 3.8) is 0 Å². The minimum absolute atomic E-state index is 0.00380. The van der Waals surface area contributed by atoms with Gasteiger partial charge in [0, 0.05) is 12.6 Å². The summed E-state index contributed by atoms with van der Waals surface area (Å²) in [6, 6.07) is 0. The smallest absolute Gasteiger partial charge is 0.498 e. The first kappa shape index (κ1) is 25.3. The fourth-order valence-corrected chi connectivity index (χ4v) is 3.16. The molecular formula is C17H23O12P. The molecule has 0 radical (unpaired) electrons. The molecule has 0 aliphatic heterocycles. The average Bonchev–Trinajstić information content (AvgIpc) is 3.02. The van der Waals surface area contributed by atoms with E-state index in [9.17, 15) is 29.2 Å². The number of carboxylic acid groups (broad SMARTS) is 1. The summed E-state index contributed by atoms with van der Waals surface area (Å²) < 4.78 is 29.0. The van der Waals surface area contributed by atoms with Crippen molar-refractivity contribution in [2.24, 2.45) is 5.92 Å². The predicted octanol–water partition coefficient (Wildman–Crippen LogP) is 1.44. The van der Waals surface area contributed by atoms with Gasteiger partial charge in [0.05, 0.1) is 13.0 Å². The number of carbonyl (C=O) groups is 3. The molecule has 2 atom stereocenters. The molecule has 0 fully saturated rings. The van der Waals surface area contributed by atoms with E-state index >= 15 is 0 Å². The van der Waals surface area contributed by atoms with Crippen LogP contribution in [-0.4, -0.2) is 48.3 Å². The van der Waals surface area contributed by atoms with Crippen LogP contribution in [0.5, 0.6) is 0 Å². The van der Waals surface area contributed by atoms with Crippen LogP contribution < -0.4 is 5.82 Å². The molecule has 2 unspecified atom stereocenters. The van der Waals surface area contributed by atoms with Gasteiger partial charge in [-0.1, -0.05) is 0 Å². The van der Waals surface area contributed by atoms with Gasteiger partial charge in [0.1, 0.15) is 18.1 Å². The van der Waals surface area contributed by atoms with E-state index < -0.39 is 32.1 Å². The van der Waals surface area contributed by atoms with E-state index in [0.717, 1.165) is 0 Å². The van der Waals surface area contributed by atoms with Crippen LogP contribution in [0.4, 0.5) is 0 Å². The summed E-state index contributed by atoms with van der Waals surface area (Å²) >= 11 is 0. The topological polar surface area (TPSA) is 172 Å². The number of hydrogen-bond acceptors (Lipinski definition) is 11. The summed E-state index contributed by atoms with van der Waals surface area (Å²) in [7, 11) is -0.817. The van der Waals surface area contributed by atoms with Gasteiger partial charge in [-0.15, -0.1) is 0 Å². The van der Waals surface area contributed by atoms with E-state index in [1.54, 1.807) is 0 Å². The number of aryl methyl sites for hydroxylation is 1. The summed E-state index contributed by atoms with van der Waals surface area (Å²) in [4.78, 5) is 54.6. The SMILES string of the molecule is CO/C(C)=C(/COC(=O)CCC(CP(O)OCc1oc(=O)oc1C)C(=O)O)OC=O.